The summed E-state index contributed by atoms with van der Waals surface area (Å²) in [5, 5.41) is 11.9. The quantitative estimate of drug-likeness (QED) is 0.741. The molecule has 4 N–H and O–H groups in total. The predicted molar refractivity (Wildman–Crippen MR) is 72.2 cm³/mol. The monoisotopic (exact) mass is 260 g/mol. The van der Waals surface area contributed by atoms with Gasteiger partial charge in [0, 0.05) is 17.1 Å². The standard InChI is InChI=1S/C14H13FN2O2/c1-8-2-3-10(7-12(8)15)17-9-4-5-13(16)11(6-9)14(18)19/h2-7,17H,16H2,1H3,(H,18,19). The molecule has 4 nitrogen and oxygen atoms in total. The van der Waals surface area contributed by atoms with Crippen molar-refractivity contribution in [1.29, 1.82) is 0 Å². The molecule has 0 amide bonds. The molecule has 5 heteroatoms. The van der Waals surface area contributed by atoms with Gasteiger partial charge in [0.1, 0.15) is 5.82 Å². The van der Waals surface area contributed by atoms with Gasteiger partial charge in [0.25, 0.3) is 0 Å². The minimum atomic E-state index is -1.10. The number of nitrogen functional groups attached to an aromatic ring is 1. The smallest absolute Gasteiger partial charge is 0.337 e. The number of carboxylic acid groups (broad SMARTS) is 1. The van der Waals surface area contributed by atoms with Gasteiger partial charge in [0.2, 0.25) is 0 Å². The van der Waals surface area contributed by atoms with Crippen LogP contribution in [0.5, 0.6) is 0 Å². The predicted octanol–water partition coefficient (Wildman–Crippen LogP) is 3.16. The second-order valence-electron chi connectivity index (χ2n) is 4.20. The summed E-state index contributed by atoms with van der Waals surface area (Å²) < 4.78 is 13.4. The molecule has 0 saturated carbocycles. The molecule has 19 heavy (non-hydrogen) atoms. The summed E-state index contributed by atoms with van der Waals surface area (Å²) in [4.78, 5) is 11.0. The fraction of sp³-hybridized carbons (Fsp3) is 0.0714. The van der Waals surface area contributed by atoms with E-state index in [4.69, 9.17) is 10.8 Å². The van der Waals surface area contributed by atoms with Crippen LogP contribution < -0.4 is 11.1 Å². The first kappa shape index (κ1) is 12.9. The second-order valence-corrected chi connectivity index (χ2v) is 4.20. The van der Waals surface area contributed by atoms with Gasteiger partial charge < -0.3 is 16.2 Å². The van der Waals surface area contributed by atoms with Crippen LogP contribution in [0.25, 0.3) is 0 Å². The van der Waals surface area contributed by atoms with E-state index in [0.717, 1.165) is 0 Å². The lowest BCUT2D eigenvalue weighted by atomic mass is 10.1. The number of benzene rings is 2. The summed E-state index contributed by atoms with van der Waals surface area (Å²) in [5.74, 6) is -1.42. The average molecular weight is 260 g/mol. The zero-order chi connectivity index (χ0) is 14.0. The Hall–Kier alpha value is -2.56. The number of carbonyl (C=O) groups is 1. The fourth-order valence-corrected chi connectivity index (χ4v) is 1.66. The number of rotatable bonds is 3. The van der Waals surface area contributed by atoms with Crippen molar-refractivity contribution in [1.82, 2.24) is 0 Å². The van der Waals surface area contributed by atoms with Crippen LogP contribution in [0.1, 0.15) is 15.9 Å². The highest BCUT2D eigenvalue weighted by molar-refractivity contribution is 5.95. The molecule has 98 valence electrons. The Kier molecular flexibility index (Phi) is 3.37. The van der Waals surface area contributed by atoms with E-state index in [1.54, 1.807) is 25.1 Å². The van der Waals surface area contributed by atoms with Crippen LogP contribution in [-0.4, -0.2) is 11.1 Å². The third kappa shape index (κ3) is 2.82. The number of hydrogen-bond acceptors (Lipinski definition) is 3. The molecule has 0 fully saturated rings. The van der Waals surface area contributed by atoms with Gasteiger partial charge in [-0.05, 0) is 42.8 Å². The van der Waals surface area contributed by atoms with E-state index >= 15 is 0 Å². The second kappa shape index (κ2) is 4.97. The topological polar surface area (TPSA) is 75.3 Å². The summed E-state index contributed by atoms with van der Waals surface area (Å²) in [6.45, 7) is 1.67. The average Bonchev–Trinajstić information content (AvgIpc) is 2.36. The highest BCUT2D eigenvalue weighted by Crippen LogP contribution is 2.23. The van der Waals surface area contributed by atoms with E-state index in [2.05, 4.69) is 5.32 Å². The first-order valence-corrected chi connectivity index (χ1v) is 5.63. The lowest BCUT2D eigenvalue weighted by molar-refractivity contribution is 0.0698. The maximum Gasteiger partial charge on any atom is 0.337 e. The molecule has 2 rings (SSSR count). The van der Waals surface area contributed by atoms with Crippen LogP contribution in [0.2, 0.25) is 0 Å². The van der Waals surface area contributed by atoms with Crippen molar-refractivity contribution < 1.29 is 14.3 Å². The van der Waals surface area contributed by atoms with Gasteiger partial charge in [0.05, 0.1) is 5.56 Å². The van der Waals surface area contributed by atoms with Crippen LogP contribution in [0, 0.1) is 12.7 Å². The van der Waals surface area contributed by atoms with Crippen LogP contribution in [0.15, 0.2) is 36.4 Å². The van der Waals surface area contributed by atoms with E-state index < -0.39 is 5.97 Å². The van der Waals surface area contributed by atoms with Crippen molar-refractivity contribution in [2.45, 2.75) is 6.92 Å². The molecule has 0 aliphatic heterocycles. The molecule has 0 unspecified atom stereocenters. The minimum Gasteiger partial charge on any atom is -0.478 e. The SMILES string of the molecule is Cc1ccc(Nc2ccc(N)c(C(=O)O)c2)cc1F. The van der Waals surface area contributed by atoms with E-state index in [-0.39, 0.29) is 17.1 Å². The Morgan fingerprint density at radius 2 is 1.84 bits per heavy atom. The molecule has 0 spiro atoms. The molecular formula is C14H13FN2O2. The Labute approximate surface area is 109 Å². The molecule has 2 aromatic carbocycles. The third-order valence-electron chi connectivity index (χ3n) is 2.74. The Balaban J connectivity index is 2.30. The van der Waals surface area contributed by atoms with Crippen molar-refractivity contribution in [3.8, 4) is 0 Å². The number of hydrogen-bond donors (Lipinski definition) is 3. The lowest BCUT2D eigenvalue weighted by Gasteiger charge is -2.09. The zero-order valence-corrected chi connectivity index (χ0v) is 10.3. The van der Waals surface area contributed by atoms with E-state index in [1.807, 2.05) is 0 Å². The van der Waals surface area contributed by atoms with Gasteiger partial charge in [0.15, 0.2) is 0 Å². The van der Waals surface area contributed by atoms with Crippen molar-refractivity contribution in [2.24, 2.45) is 0 Å². The van der Waals surface area contributed by atoms with Gasteiger partial charge >= 0.3 is 5.97 Å². The normalized spacial score (nSPS) is 10.2. The van der Waals surface area contributed by atoms with E-state index in [0.29, 0.717) is 16.9 Å². The van der Waals surface area contributed by atoms with Crippen molar-refractivity contribution in [2.75, 3.05) is 11.1 Å². The largest absolute Gasteiger partial charge is 0.478 e. The molecule has 0 aromatic heterocycles. The third-order valence-corrected chi connectivity index (χ3v) is 2.74. The molecule has 0 aliphatic carbocycles. The molecule has 0 radical (unpaired) electrons. The van der Waals surface area contributed by atoms with Gasteiger partial charge in [-0.3, -0.25) is 0 Å². The summed E-state index contributed by atoms with van der Waals surface area (Å²) in [5.41, 5.74) is 7.39. The summed E-state index contributed by atoms with van der Waals surface area (Å²) >= 11 is 0. The number of anilines is 3. The molecule has 0 aliphatic rings. The maximum atomic E-state index is 13.4. The van der Waals surface area contributed by atoms with Gasteiger partial charge in [-0.2, -0.15) is 0 Å². The van der Waals surface area contributed by atoms with Gasteiger partial charge in [-0.25, -0.2) is 9.18 Å². The van der Waals surface area contributed by atoms with E-state index in [1.165, 1.54) is 18.2 Å². The summed E-state index contributed by atoms with van der Waals surface area (Å²) in [7, 11) is 0. The van der Waals surface area contributed by atoms with Crippen LogP contribution in [0.4, 0.5) is 21.5 Å². The number of aryl methyl sites for hydroxylation is 1. The number of nitrogens with two attached hydrogens (primary N) is 1. The van der Waals surface area contributed by atoms with Crippen LogP contribution in [-0.2, 0) is 0 Å². The van der Waals surface area contributed by atoms with Gasteiger partial charge in [-0.15, -0.1) is 0 Å². The minimum absolute atomic E-state index is 0.0117. The zero-order valence-electron chi connectivity index (χ0n) is 10.3. The summed E-state index contributed by atoms with van der Waals surface area (Å²) in [6, 6.07) is 9.26. The summed E-state index contributed by atoms with van der Waals surface area (Å²) in [6.07, 6.45) is 0. The first-order valence-electron chi connectivity index (χ1n) is 5.63. The Morgan fingerprint density at radius 3 is 2.47 bits per heavy atom. The first-order chi connectivity index (χ1) is 8.97. The highest BCUT2D eigenvalue weighted by Gasteiger charge is 2.09. The van der Waals surface area contributed by atoms with Crippen LogP contribution >= 0.6 is 0 Å². The van der Waals surface area contributed by atoms with Crippen molar-refractivity contribution in [3.05, 3.63) is 53.3 Å². The number of halogens is 1. The molecule has 0 atom stereocenters. The number of carboxylic acids is 1. The fourth-order valence-electron chi connectivity index (χ4n) is 1.66. The Morgan fingerprint density at radius 1 is 1.21 bits per heavy atom. The molecule has 0 heterocycles. The molecule has 2 aromatic rings. The Bertz CT molecular complexity index is 641. The van der Waals surface area contributed by atoms with E-state index in [9.17, 15) is 9.18 Å². The lowest BCUT2D eigenvalue weighted by Crippen LogP contribution is -2.03. The highest BCUT2D eigenvalue weighted by atomic mass is 19.1. The number of nitrogens with one attached hydrogen (secondary N) is 1. The molecule has 0 bridgehead atoms. The maximum absolute atomic E-state index is 13.4. The molecule has 0 saturated heterocycles. The number of aromatic carboxylic acids is 1. The molecular weight excluding hydrogens is 247 g/mol. The van der Waals surface area contributed by atoms with Gasteiger partial charge in [-0.1, -0.05) is 6.07 Å². The van der Waals surface area contributed by atoms with Crippen molar-refractivity contribution in [3.63, 3.8) is 0 Å². The van der Waals surface area contributed by atoms with Crippen molar-refractivity contribution >= 4 is 23.0 Å². The van der Waals surface area contributed by atoms with Crippen LogP contribution in [0.3, 0.4) is 0 Å².